The van der Waals surface area contributed by atoms with Gasteiger partial charge in [-0.25, -0.2) is 0 Å². The van der Waals surface area contributed by atoms with Crippen LogP contribution in [0.4, 0.5) is 0 Å². The summed E-state index contributed by atoms with van der Waals surface area (Å²) in [6, 6.07) is 7.55. The standard InChI is InChI=1S/C12H14N2O/c1-2-3-9-4-5-12(15)10(8-9)11-6-7-13-14-11/h4-8,15H,2-3H2,1H3,(H,13,14). The van der Waals surface area contributed by atoms with Crippen LogP contribution in [0.25, 0.3) is 11.3 Å². The first kappa shape index (κ1) is 9.77. The van der Waals surface area contributed by atoms with E-state index in [-0.39, 0.29) is 0 Å². The number of aromatic nitrogens is 2. The van der Waals surface area contributed by atoms with Gasteiger partial charge in [-0.1, -0.05) is 19.4 Å². The number of hydrogen-bond donors (Lipinski definition) is 2. The molecule has 1 heterocycles. The third-order valence-electron chi connectivity index (χ3n) is 2.39. The van der Waals surface area contributed by atoms with E-state index in [1.165, 1.54) is 5.56 Å². The van der Waals surface area contributed by atoms with Gasteiger partial charge in [0.1, 0.15) is 5.75 Å². The smallest absolute Gasteiger partial charge is 0.124 e. The van der Waals surface area contributed by atoms with Crippen molar-refractivity contribution in [2.75, 3.05) is 0 Å². The minimum Gasteiger partial charge on any atom is -0.507 e. The Kier molecular flexibility index (Phi) is 2.72. The Bertz CT molecular complexity index is 435. The lowest BCUT2D eigenvalue weighted by Gasteiger charge is -2.05. The number of aromatic amines is 1. The number of aryl methyl sites for hydroxylation is 1. The zero-order chi connectivity index (χ0) is 10.7. The van der Waals surface area contributed by atoms with Crippen LogP contribution in [0.3, 0.4) is 0 Å². The summed E-state index contributed by atoms with van der Waals surface area (Å²) in [6.07, 6.45) is 3.82. The van der Waals surface area contributed by atoms with E-state index in [9.17, 15) is 5.11 Å². The number of hydrogen-bond acceptors (Lipinski definition) is 2. The fourth-order valence-corrected chi connectivity index (χ4v) is 1.65. The topological polar surface area (TPSA) is 48.9 Å². The van der Waals surface area contributed by atoms with Crippen molar-refractivity contribution >= 4 is 0 Å². The van der Waals surface area contributed by atoms with Crippen LogP contribution in [0, 0.1) is 0 Å². The summed E-state index contributed by atoms with van der Waals surface area (Å²) in [6.45, 7) is 2.14. The van der Waals surface area contributed by atoms with E-state index in [1.807, 2.05) is 18.2 Å². The molecule has 0 saturated carbocycles. The zero-order valence-electron chi connectivity index (χ0n) is 8.70. The van der Waals surface area contributed by atoms with E-state index >= 15 is 0 Å². The zero-order valence-corrected chi connectivity index (χ0v) is 8.70. The van der Waals surface area contributed by atoms with E-state index in [1.54, 1.807) is 12.3 Å². The summed E-state index contributed by atoms with van der Waals surface area (Å²) in [5.74, 6) is 0.291. The van der Waals surface area contributed by atoms with Gasteiger partial charge in [-0.15, -0.1) is 0 Å². The first-order valence-electron chi connectivity index (χ1n) is 5.13. The number of H-pyrrole nitrogens is 1. The molecular formula is C12H14N2O. The SMILES string of the molecule is CCCc1ccc(O)c(-c2ccn[nH]2)c1. The predicted molar refractivity (Wildman–Crippen MR) is 59.7 cm³/mol. The highest BCUT2D eigenvalue weighted by Crippen LogP contribution is 2.28. The van der Waals surface area contributed by atoms with Crippen molar-refractivity contribution in [2.45, 2.75) is 19.8 Å². The molecule has 1 aromatic heterocycles. The molecule has 0 atom stereocenters. The van der Waals surface area contributed by atoms with E-state index in [4.69, 9.17) is 0 Å². The van der Waals surface area contributed by atoms with Crippen LogP contribution < -0.4 is 0 Å². The van der Waals surface area contributed by atoms with Gasteiger partial charge < -0.3 is 5.11 Å². The number of aromatic hydroxyl groups is 1. The first-order valence-corrected chi connectivity index (χ1v) is 5.13. The first-order chi connectivity index (χ1) is 7.31. The van der Waals surface area contributed by atoms with Crippen LogP contribution in [0.5, 0.6) is 5.75 Å². The number of phenols is 1. The summed E-state index contributed by atoms with van der Waals surface area (Å²) in [7, 11) is 0. The second-order valence-electron chi connectivity index (χ2n) is 3.57. The molecule has 0 radical (unpaired) electrons. The number of nitrogens with zero attached hydrogens (tertiary/aromatic N) is 1. The molecule has 0 unspecified atom stereocenters. The van der Waals surface area contributed by atoms with Crippen LogP contribution in [0.15, 0.2) is 30.5 Å². The highest BCUT2D eigenvalue weighted by atomic mass is 16.3. The maximum atomic E-state index is 9.73. The number of nitrogens with one attached hydrogen (secondary N) is 1. The van der Waals surface area contributed by atoms with E-state index in [0.717, 1.165) is 24.1 Å². The van der Waals surface area contributed by atoms with Gasteiger partial charge in [0.25, 0.3) is 0 Å². The molecule has 0 aliphatic carbocycles. The van der Waals surface area contributed by atoms with Crippen molar-refractivity contribution in [3.8, 4) is 17.0 Å². The molecule has 3 nitrogen and oxygen atoms in total. The molecule has 0 fully saturated rings. The highest BCUT2D eigenvalue weighted by molar-refractivity contribution is 5.67. The monoisotopic (exact) mass is 202 g/mol. The number of phenolic OH excluding ortho intramolecular Hbond substituents is 1. The van der Waals surface area contributed by atoms with Crippen LogP contribution in [0.1, 0.15) is 18.9 Å². The predicted octanol–water partition coefficient (Wildman–Crippen LogP) is 2.73. The normalized spacial score (nSPS) is 10.5. The molecule has 0 aliphatic rings. The Hall–Kier alpha value is -1.77. The molecular weight excluding hydrogens is 188 g/mol. The maximum Gasteiger partial charge on any atom is 0.124 e. The van der Waals surface area contributed by atoms with Gasteiger partial charge in [0.2, 0.25) is 0 Å². The van der Waals surface area contributed by atoms with Gasteiger partial charge in [0.05, 0.1) is 5.69 Å². The summed E-state index contributed by atoms with van der Waals surface area (Å²) < 4.78 is 0. The molecule has 78 valence electrons. The Balaban J connectivity index is 2.41. The van der Waals surface area contributed by atoms with Gasteiger partial charge >= 0.3 is 0 Å². The largest absolute Gasteiger partial charge is 0.507 e. The third-order valence-corrected chi connectivity index (χ3v) is 2.39. The van der Waals surface area contributed by atoms with Crippen LogP contribution in [-0.4, -0.2) is 15.3 Å². The second-order valence-corrected chi connectivity index (χ2v) is 3.57. The second kappa shape index (κ2) is 4.17. The molecule has 0 aliphatic heterocycles. The highest BCUT2D eigenvalue weighted by Gasteiger charge is 2.06. The van der Waals surface area contributed by atoms with Gasteiger partial charge in [0, 0.05) is 11.8 Å². The summed E-state index contributed by atoms with van der Waals surface area (Å²) in [5, 5.41) is 16.5. The minimum atomic E-state index is 0.291. The lowest BCUT2D eigenvalue weighted by Crippen LogP contribution is -1.86. The van der Waals surface area contributed by atoms with E-state index in [0.29, 0.717) is 5.75 Å². The Morgan fingerprint density at radius 1 is 1.33 bits per heavy atom. The van der Waals surface area contributed by atoms with Gasteiger partial charge in [-0.2, -0.15) is 5.10 Å². The van der Waals surface area contributed by atoms with E-state index < -0.39 is 0 Å². The molecule has 2 rings (SSSR count). The lowest BCUT2D eigenvalue weighted by atomic mass is 10.0. The van der Waals surface area contributed by atoms with Crippen molar-refractivity contribution in [3.63, 3.8) is 0 Å². The van der Waals surface area contributed by atoms with Crippen LogP contribution in [-0.2, 0) is 6.42 Å². The molecule has 15 heavy (non-hydrogen) atoms. The molecule has 1 aromatic carbocycles. The van der Waals surface area contributed by atoms with Crippen molar-refractivity contribution in [1.29, 1.82) is 0 Å². The van der Waals surface area contributed by atoms with Crippen LogP contribution in [0.2, 0.25) is 0 Å². The van der Waals surface area contributed by atoms with Gasteiger partial charge in [-0.3, -0.25) is 5.10 Å². The summed E-state index contributed by atoms with van der Waals surface area (Å²) in [5.41, 5.74) is 2.91. The molecule has 0 bridgehead atoms. The fourth-order valence-electron chi connectivity index (χ4n) is 1.65. The molecule has 0 spiro atoms. The summed E-state index contributed by atoms with van der Waals surface area (Å²) >= 11 is 0. The average molecular weight is 202 g/mol. The molecule has 2 aromatic rings. The Morgan fingerprint density at radius 3 is 2.87 bits per heavy atom. The lowest BCUT2D eigenvalue weighted by molar-refractivity contribution is 0.477. The van der Waals surface area contributed by atoms with Gasteiger partial charge in [-0.05, 0) is 30.2 Å². The quantitative estimate of drug-likeness (QED) is 0.804. The minimum absolute atomic E-state index is 0.291. The number of rotatable bonds is 3. The van der Waals surface area contributed by atoms with Crippen molar-refractivity contribution in [2.24, 2.45) is 0 Å². The van der Waals surface area contributed by atoms with Crippen molar-refractivity contribution in [3.05, 3.63) is 36.0 Å². The molecule has 0 saturated heterocycles. The summed E-state index contributed by atoms with van der Waals surface area (Å²) in [4.78, 5) is 0. The van der Waals surface area contributed by atoms with E-state index in [2.05, 4.69) is 17.1 Å². The maximum absolute atomic E-state index is 9.73. The Morgan fingerprint density at radius 2 is 2.20 bits per heavy atom. The third kappa shape index (κ3) is 2.01. The fraction of sp³-hybridized carbons (Fsp3) is 0.250. The molecule has 3 heteroatoms. The van der Waals surface area contributed by atoms with Crippen LogP contribution >= 0.6 is 0 Å². The Labute approximate surface area is 88.8 Å². The van der Waals surface area contributed by atoms with Gasteiger partial charge in [0.15, 0.2) is 0 Å². The average Bonchev–Trinajstić information content (AvgIpc) is 2.74. The number of benzene rings is 1. The molecule has 2 N–H and O–H groups in total. The molecule has 0 amide bonds. The van der Waals surface area contributed by atoms with Crippen molar-refractivity contribution < 1.29 is 5.11 Å². The van der Waals surface area contributed by atoms with Crippen molar-refractivity contribution in [1.82, 2.24) is 10.2 Å².